The molecule has 1 aliphatic heterocycles. The van der Waals surface area contributed by atoms with E-state index in [4.69, 9.17) is 15.2 Å². The van der Waals surface area contributed by atoms with Crippen molar-refractivity contribution in [2.45, 2.75) is 78.8 Å². The van der Waals surface area contributed by atoms with Crippen molar-refractivity contribution in [1.82, 2.24) is 10.2 Å². The van der Waals surface area contributed by atoms with Crippen molar-refractivity contribution in [3.05, 3.63) is 0 Å². The highest BCUT2D eigenvalue weighted by Crippen LogP contribution is 2.34. The van der Waals surface area contributed by atoms with E-state index in [0.29, 0.717) is 4.34 Å². The van der Waals surface area contributed by atoms with Gasteiger partial charge in [-0.3, -0.25) is 5.32 Å². The number of amides is 1. The van der Waals surface area contributed by atoms with Crippen LogP contribution in [0.5, 0.6) is 0 Å². The minimum atomic E-state index is -1.35. The van der Waals surface area contributed by atoms with E-state index in [0.717, 1.165) is 11.3 Å². The van der Waals surface area contributed by atoms with Gasteiger partial charge in [-0.25, -0.2) is 4.79 Å². The Morgan fingerprint density at radius 1 is 1.28 bits per heavy atom. The third-order valence-electron chi connectivity index (χ3n) is 4.06. The third-order valence-corrected chi connectivity index (χ3v) is 7.06. The molecule has 2 rings (SSSR count). The Balaban J connectivity index is 1.97. The molecule has 13 heteroatoms. The normalized spacial score (nSPS) is 29.9. The molecule has 1 aliphatic rings. The molecule has 1 aromatic heterocycles. The van der Waals surface area contributed by atoms with Crippen molar-refractivity contribution in [1.29, 1.82) is 0 Å². The van der Waals surface area contributed by atoms with Gasteiger partial charge in [0.1, 0.15) is 35.5 Å². The Labute approximate surface area is 181 Å². The molecule has 2 heterocycles. The van der Waals surface area contributed by atoms with Crippen LogP contribution in [-0.2, 0) is 9.47 Å². The van der Waals surface area contributed by atoms with Crippen molar-refractivity contribution in [3.63, 3.8) is 0 Å². The first-order valence-corrected chi connectivity index (χ1v) is 11.9. The van der Waals surface area contributed by atoms with Crippen LogP contribution in [-0.4, -0.2) is 84.6 Å². The van der Waals surface area contributed by atoms with Crippen molar-refractivity contribution in [2.75, 3.05) is 11.6 Å². The second-order valence-corrected chi connectivity index (χ2v) is 11.1. The number of hydrogen-bond acceptors (Lipinski definition) is 12. The molecule has 7 atom stereocenters. The van der Waals surface area contributed by atoms with Crippen molar-refractivity contribution in [3.8, 4) is 0 Å². The summed E-state index contributed by atoms with van der Waals surface area (Å²) in [7, 11) is 0. The number of aromatic nitrogens is 2. The number of nitrogens with two attached hydrogens (primary N) is 1. The van der Waals surface area contributed by atoms with Gasteiger partial charge < -0.3 is 30.5 Å². The highest BCUT2D eigenvalue weighted by molar-refractivity contribution is 8.01. The van der Waals surface area contributed by atoms with Crippen molar-refractivity contribution >= 4 is 46.1 Å². The number of rotatable bonds is 6. The van der Waals surface area contributed by atoms with Gasteiger partial charge in [0, 0.05) is 11.3 Å². The number of ether oxygens (including phenoxy) is 2. The number of nitrogens with zero attached hydrogens (tertiary/aromatic N) is 2. The molecule has 1 amide bonds. The smallest absolute Gasteiger partial charge is 0.414 e. The molecule has 10 nitrogen and oxygen atoms in total. The molecule has 0 aromatic carbocycles. The molecule has 0 bridgehead atoms. The molecular formula is C16H28N4O6S3. The lowest BCUT2D eigenvalue weighted by molar-refractivity contribution is -0.202. The van der Waals surface area contributed by atoms with E-state index in [1.165, 1.54) is 23.5 Å². The number of anilines is 1. The predicted octanol–water partition coefficient (Wildman–Crippen LogP) is 0.864. The minimum Gasteiger partial charge on any atom is -0.444 e. The molecule has 1 saturated heterocycles. The topological polar surface area (TPSA) is 160 Å². The fourth-order valence-corrected chi connectivity index (χ4v) is 5.34. The molecule has 0 radical (unpaired) electrons. The quantitative estimate of drug-likeness (QED) is 0.297. The maximum atomic E-state index is 11.8. The Morgan fingerprint density at radius 3 is 2.52 bits per heavy atom. The Morgan fingerprint density at radius 2 is 1.93 bits per heavy atom. The maximum Gasteiger partial charge on any atom is 0.414 e. The van der Waals surface area contributed by atoms with E-state index in [2.05, 4.69) is 15.5 Å². The van der Waals surface area contributed by atoms with Crippen LogP contribution in [0.4, 0.5) is 9.93 Å². The number of carbonyl (C=O) groups is 1. The number of nitrogens with one attached hydrogen (secondary N) is 1. The van der Waals surface area contributed by atoms with Gasteiger partial charge in [0.05, 0.1) is 0 Å². The SMILES string of the molecule is CSC1OC(C(N)C(C)Sc2nnc(NC(=O)OC(C)(C)C)s2)C(O)C(O)C1O. The number of thioether (sulfide) groups is 2. The number of aliphatic hydroxyl groups is 3. The molecule has 7 unspecified atom stereocenters. The van der Waals surface area contributed by atoms with Crippen LogP contribution >= 0.6 is 34.9 Å². The zero-order valence-corrected chi connectivity index (χ0v) is 19.3. The van der Waals surface area contributed by atoms with Crippen LogP contribution in [0.3, 0.4) is 0 Å². The van der Waals surface area contributed by atoms with E-state index in [-0.39, 0.29) is 10.4 Å². The first-order valence-electron chi connectivity index (χ1n) is 8.91. The Bertz CT molecular complexity index is 686. The van der Waals surface area contributed by atoms with E-state index >= 15 is 0 Å². The van der Waals surface area contributed by atoms with Gasteiger partial charge in [-0.15, -0.1) is 22.0 Å². The first kappa shape index (κ1) is 24.6. The number of carbonyl (C=O) groups excluding carboxylic acids is 1. The van der Waals surface area contributed by atoms with Gasteiger partial charge in [0.25, 0.3) is 0 Å². The Kier molecular flexibility index (Phi) is 8.56. The maximum absolute atomic E-state index is 11.8. The van der Waals surface area contributed by atoms with Crippen LogP contribution in [0.1, 0.15) is 27.7 Å². The van der Waals surface area contributed by atoms with Crippen LogP contribution in [0.2, 0.25) is 0 Å². The third kappa shape index (κ3) is 6.66. The van der Waals surface area contributed by atoms with E-state index in [1.54, 1.807) is 27.0 Å². The van der Waals surface area contributed by atoms with Crippen molar-refractivity contribution in [2.24, 2.45) is 5.73 Å². The first-order chi connectivity index (χ1) is 13.4. The Hall–Kier alpha value is -0.670. The largest absolute Gasteiger partial charge is 0.444 e. The monoisotopic (exact) mass is 468 g/mol. The summed E-state index contributed by atoms with van der Waals surface area (Å²) in [6.07, 6.45) is -3.61. The fraction of sp³-hybridized carbons (Fsp3) is 0.812. The van der Waals surface area contributed by atoms with Gasteiger partial charge in [0.2, 0.25) is 5.13 Å². The lowest BCUT2D eigenvalue weighted by atomic mass is 9.94. The van der Waals surface area contributed by atoms with Gasteiger partial charge in [-0.2, -0.15) is 0 Å². The van der Waals surface area contributed by atoms with E-state index in [1.807, 2.05) is 6.92 Å². The van der Waals surface area contributed by atoms with Crippen LogP contribution in [0.15, 0.2) is 4.34 Å². The zero-order valence-electron chi connectivity index (χ0n) is 16.8. The molecule has 0 saturated carbocycles. The molecule has 29 heavy (non-hydrogen) atoms. The summed E-state index contributed by atoms with van der Waals surface area (Å²) < 4.78 is 11.4. The lowest BCUT2D eigenvalue weighted by Gasteiger charge is -2.43. The second kappa shape index (κ2) is 10.1. The lowest BCUT2D eigenvalue weighted by Crippen LogP contribution is -2.62. The summed E-state index contributed by atoms with van der Waals surface area (Å²) in [4.78, 5) is 11.8. The van der Waals surface area contributed by atoms with Gasteiger partial charge >= 0.3 is 6.09 Å². The molecule has 6 N–H and O–H groups in total. The van der Waals surface area contributed by atoms with Crippen LogP contribution in [0, 0.1) is 0 Å². The molecule has 0 aliphatic carbocycles. The molecule has 166 valence electrons. The summed E-state index contributed by atoms with van der Waals surface area (Å²) in [5.74, 6) is 0. The summed E-state index contributed by atoms with van der Waals surface area (Å²) in [5, 5.41) is 40.8. The minimum absolute atomic E-state index is 0.262. The van der Waals surface area contributed by atoms with Gasteiger partial charge in [0.15, 0.2) is 4.34 Å². The number of aliphatic hydroxyl groups excluding tert-OH is 3. The summed E-state index contributed by atoms with van der Waals surface area (Å²) in [5.41, 5.74) is 4.96. The van der Waals surface area contributed by atoms with Gasteiger partial charge in [-0.05, 0) is 27.0 Å². The molecule has 0 spiro atoms. The summed E-state index contributed by atoms with van der Waals surface area (Å²) in [6.45, 7) is 7.11. The summed E-state index contributed by atoms with van der Waals surface area (Å²) in [6, 6.07) is -0.655. The second-order valence-electron chi connectivity index (χ2n) is 7.58. The van der Waals surface area contributed by atoms with Crippen LogP contribution < -0.4 is 11.1 Å². The molecular weight excluding hydrogens is 440 g/mol. The highest BCUT2D eigenvalue weighted by Gasteiger charge is 2.46. The molecule has 1 aromatic rings. The average Bonchev–Trinajstić information content (AvgIpc) is 3.04. The predicted molar refractivity (Wildman–Crippen MR) is 113 cm³/mol. The molecule has 1 fully saturated rings. The van der Waals surface area contributed by atoms with E-state index in [9.17, 15) is 20.1 Å². The van der Waals surface area contributed by atoms with Gasteiger partial charge in [-0.1, -0.05) is 30.0 Å². The fourth-order valence-electron chi connectivity index (χ4n) is 2.59. The number of hydrogen-bond donors (Lipinski definition) is 5. The standard InChI is InChI=1S/C16H28N4O6S3/c1-6(7(17)11-9(22)8(21)10(23)12(25-11)27-5)28-15-20-19-13(29-15)18-14(24)26-16(2,3)4/h6-12,21-23H,17H2,1-5H3,(H,18,19,24). The zero-order chi connectivity index (χ0) is 21.9. The average molecular weight is 469 g/mol. The van der Waals surface area contributed by atoms with E-state index < -0.39 is 47.6 Å². The van der Waals surface area contributed by atoms with Crippen LogP contribution in [0.25, 0.3) is 0 Å². The summed E-state index contributed by atoms with van der Waals surface area (Å²) >= 11 is 3.70. The highest BCUT2D eigenvalue weighted by atomic mass is 32.2. The van der Waals surface area contributed by atoms with Crippen molar-refractivity contribution < 1.29 is 29.6 Å².